The Balaban J connectivity index is 2.99. The highest BCUT2D eigenvalue weighted by atomic mass is 16.5. The van der Waals surface area contributed by atoms with Gasteiger partial charge in [0.2, 0.25) is 6.29 Å². The maximum Gasteiger partial charge on any atom is 0.214 e. The molecule has 3 heteroatoms. The van der Waals surface area contributed by atoms with Gasteiger partial charge in [-0.15, -0.1) is 0 Å². The van der Waals surface area contributed by atoms with Crippen molar-refractivity contribution in [2.75, 3.05) is 0 Å². The van der Waals surface area contributed by atoms with Crippen molar-refractivity contribution in [3.8, 4) is 0 Å². The van der Waals surface area contributed by atoms with Crippen molar-refractivity contribution in [1.82, 2.24) is 0 Å². The second kappa shape index (κ2) is 2.12. The molecule has 1 radical (unpaired) electrons. The lowest BCUT2D eigenvalue weighted by molar-refractivity contribution is -0.153. The van der Waals surface area contributed by atoms with Crippen molar-refractivity contribution in [2.45, 2.75) is 19.3 Å². The molecule has 0 aliphatic carbocycles. The summed E-state index contributed by atoms with van der Waals surface area (Å²) >= 11 is 0. The molecule has 0 fully saturated rings. The number of hydrogen-bond acceptors (Lipinski definition) is 2. The Morgan fingerprint density at radius 3 is 1.67 bits per heavy atom. The van der Waals surface area contributed by atoms with Crippen molar-refractivity contribution in [3.63, 3.8) is 0 Å². The van der Waals surface area contributed by atoms with Gasteiger partial charge in [0.05, 0.1) is 0 Å². The van der Waals surface area contributed by atoms with Crippen LogP contribution in [0.25, 0.3) is 0 Å². The number of rotatable bonds is 1. The summed E-state index contributed by atoms with van der Waals surface area (Å²) in [7, 11) is 0. The molecule has 0 aromatic heterocycles. The van der Waals surface area contributed by atoms with Gasteiger partial charge in [0.25, 0.3) is 0 Å². The molecule has 3 nitrogen and oxygen atoms in total. The molecule has 6 heavy (non-hydrogen) atoms. The van der Waals surface area contributed by atoms with Crippen LogP contribution in [0.4, 0.5) is 0 Å². The molecule has 0 saturated carbocycles. The molecule has 2 atom stereocenters. The first-order valence-corrected chi connectivity index (χ1v) is 1.66. The molecule has 0 aliphatic rings. The standard InChI is InChI=1S/C3H7O3/c1-2(4)3(5)6/h2-5H,1H3. The van der Waals surface area contributed by atoms with Gasteiger partial charge in [0.15, 0.2) is 0 Å². The Hall–Kier alpha value is -0.120. The van der Waals surface area contributed by atoms with E-state index in [1.54, 1.807) is 0 Å². The monoisotopic (exact) mass is 91.0 g/mol. The first-order valence-electron chi connectivity index (χ1n) is 1.66. The van der Waals surface area contributed by atoms with Crippen LogP contribution in [-0.4, -0.2) is 22.6 Å². The largest absolute Gasteiger partial charge is 0.388 e. The molecule has 0 aliphatic heterocycles. The van der Waals surface area contributed by atoms with Crippen molar-refractivity contribution >= 4 is 0 Å². The van der Waals surface area contributed by atoms with Crippen molar-refractivity contribution < 1.29 is 15.3 Å². The Morgan fingerprint density at radius 1 is 1.50 bits per heavy atom. The van der Waals surface area contributed by atoms with Crippen LogP contribution in [0.3, 0.4) is 0 Å². The molecule has 0 aromatic rings. The van der Waals surface area contributed by atoms with Crippen molar-refractivity contribution in [3.05, 3.63) is 0 Å². The maximum atomic E-state index is 9.53. The van der Waals surface area contributed by atoms with Gasteiger partial charge in [0, 0.05) is 0 Å². The van der Waals surface area contributed by atoms with Gasteiger partial charge >= 0.3 is 0 Å². The minimum absolute atomic E-state index is 1.15. The Labute approximate surface area is 35.9 Å². The Morgan fingerprint density at radius 2 is 1.67 bits per heavy atom. The molecule has 0 heterocycles. The zero-order valence-electron chi connectivity index (χ0n) is 3.46. The van der Waals surface area contributed by atoms with Crippen LogP contribution in [-0.2, 0) is 5.11 Å². The van der Waals surface area contributed by atoms with Crippen LogP contribution in [0.2, 0.25) is 0 Å². The Kier molecular flexibility index (Phi) is 2.08. The summed E-state index contributed by atoms with van der Waals surface area (Å²) in [5.41, 5.74) is 0. The number of aliphatic hydroxyl groups is 2. The predicted molar refractivity (Wildman–Crippen MR) is 18.4 cm³/mol. The second-order valence-corrected chi connectivity index (χ2v) is 1.13. The molecule has 0 aromatic carbocycles. The minimum atomic E-state index is -1.84. The SMILES string of the molecule is CC(O)C([O])O. The molecule has 0 bridgehead atoms. The third-order valence-electron chi connectivity index (χ3n) is 0.413. The first kappa shape index (κ1) is 5.88. The second-order valence-electron chi connectivity index (χ2n) is 1.13. The summed E-state index contributed by atoms with van der Waals surface area (Å²) in [6, 6.07) is 0. The average molecular weight is 91.1 g/mol. The highest BCUT2D eigenvalue weighted by Crippen LogP contribution is 1.83. The first-order chi connectivity index (χ1) is 2.64. The summed E-state index contributed by atoms with van der Waals surface area (Å²) in [5, 5.41) is 25.4. The van der Waals surface area contributed by atoms with Gasteiger partial charge < -0.3 is 10.2 Å². The lowest BCUT2D eigenvalue weighted by Gasteiger charge is -1.99. The van der Waals surface area contributed by atoms with E-state index in [0.29, 0.717) is 0 Å². The van der Waals surface area contributed by atoms with Crippen LogP contribution in [0, 0.1) is 0 Å². The molecule has 0 amide bonds. The Bertz CT molecular complexity index is 27.0. The number of hydrogen-bond donors (Lipinski definition) is 2. The summed E-state index contributed by atoms with van der Waals surface area (Å²) in [6.45, 7) is 1.23. The highest BCUT2D eigenvalue weighted by Gasteiger charge is 2.04. The lowest BCUT2D eigenvalue weighted by Crippen LogP contribution is -2.19. The van der Waals surface area contributed by atoms with E-state index in [-0.39, 0.29) is 0 Å². The quantitative estimate of drug-likeness (QED) is 0.411. The van der Waals surface area contributed by atoms with E-state index in [1.807, 2.05) is 0 Å². The van der Waals surface area contributed by atoms with Crippen molar-refractivity contribution in [2.24, 2.45) is 0 Å². The fourth-order valence-corrected chi connectivity index (χ4v) is 0. The summed E-state index contributed by atoms with van der Waals surface area (Å²) < 4.78 is 0. The van der Waals surface area contributed by atoms with E-state index >= 15 is 0 Å². The van der Waals surface area contributed by atoms with Crippen molar-refractivity contribution in [1.29, 1.82) is 0 Å². The third-order valence-corrected chi connectivity index (χ3v) is 0.413. The normalized spacial score (nSPS) is 15.5. The highest BCUT2D eigenvalue weighted by molar-refractivity contribution is 4.42. The minimum Gasteiger partial charge on any atom is -0.388 e. The average Bonchev–Trinajstić information content (AvgIpc) is 1.36. The van der Waals surface area contributed by atoms with Gasteiger partial charge in [-0.1, -0.05) is 0 Å². The van der Waals surface area contributed by atoms with E-state index in [4.69, 9.17) is 10.2 Å². The molecule has 0 spiro atoms. The molecule has 2 unspecified atom stereocenters. The third kappa shape index (κ3) is 2.14. The van der Waals surface area contributed by atoms with Gasteiger partial charge in [-0.2, -0.15) is 5.11 Å². The number of aliphatic hydroxyl groups excluding tert-OH is 2. The zero-order valence-corrected chi connectivity index (χ0v) is 3.46. The van der Waals surface area contributed by atoms with Crippen LogP contribution in [0.1, 0.15) is 6.92 Å². The van der Waals surface area contributed by atoms with Gasteiger partial charge in [-0.3, -0.25) is 0 Å². The molecular formula is C3H7O3. The smallest absolute Gasteiger partial charge is 0.214 e. The van der Waals surface area contributed by atoms with Crippen LogP contribution in [0.5, 0.6) is 0 Å². The lowest BCUT2D eigenvalue weighted by atomic mass is 10.4. The predicted octanol–water partition coefficient (Wildman–Crippen LogP) is -0.884. The van der Waals surface area contributed by atoms with E-state index < -0.39 is 12.4 Å². The fraction of sp³-hybridized carbons (Fsp3) is 1.00. The summed E-state index contributed by atoms with van der Waals surface area (Å²) in [5.74, 6) is 0. The van der Waals surface area contributed by atoms with Crippen LogP contribution in [0.15, 0.2) is 0 Å². The molecular weight excluding hydrogens is 84.0 g/mol. The van der Waals surface area contributed by atoms with E-state index in [1.165, 1.54) is 6.92 Å². The van der Waals surface area contributed by atoms with Crippen LogP contribution >= 0.6 is 0 Å². The molecule has 2 N–H and O–H groups in total. The summed E-state index contributed by atoms with van der Waals surface area (Å²) in [4.78, 5) is 0. The maximum absolute atomic E-state index is 9.53. The molecule has 0 saturated heterocycles. The van der Waals surface area contributed by atoms with E-state index in [0.717, 1.165) is 0 Å². The zero-order chi connectivity index (χ0) is 5.15. The molecule has 0 rings (SSSR count). The van der Waals surface area contributed by atoms with Crippen LogP contribution < -0.4 is 0 Å². The van der Waals surface area contributed by atoms with Gasteiger partial charge in [0.1, 0.15) is 6.10 Å². The van der Waals surface area contributed by atoms with Gasteiger partial charge in [-0.05, 0) is 6.92 Å². The van der Waals surface area contributed by atoms with Gasteiger partial charge in [-0.25, -0.2) is 0 Å². The fourth-order valence-electron chi connectivity index (χ4n) is 0. The van der Waals surface area contributed by atoms with E-state index in [9.17, 15) is 5.11 Å². The van der Waals surface area contributed by atoms with E-state index in [2.05, 4.69) is 0 Å². The summed E-state index contributed by atoms with van der Waals surface area (Å²) in [6.07, 6.45) is -2.99. The molecule has 37 valence electrons. The topological polar surface area (TPSA) is 60.4 Å².